The molecule has 0 amide bonds. The molecule has 26 heavy (non-hydrogen) atoms. The second-order valence-electron chi connectivity index (χ2n) is 6.56. The molecule has 0 aliphatic rings. The molecule has 3 aromatic carbocycles. The minimum atomic E-state index is 0.639. The highest BCUT2D eigenvalue weighted by Gasteiger charge is 2.01. The highest BCUT2D eigenvalue weighted by molar-refractivity contribution is 5.80. The number of aldehydes is 1. The van der Waals surface area contributed by atoms with E-state index in [4.69, 9.17) is 4.74 Å². The van der Waals surface area contributed by atoms with Gasteiger partial charge in [0, 0.05) is 5.56 Å². The van der Waals surface area contributed by atoms with E-state index in [1.54, 1.807) is 24.3 Å². The number of hydrogen-bond donors (Lipinski definition) is 0. The van der Waals surface area contributed by atoms with Gasteiger partial charge in [0.05, 0.1) is 0 Å². The molecule has 0 aromatic heterocycles. The molecule has 0 spiro atoms. The Morgan fingerprint density at radius 1 is 0.769 bits per heavy atom. The minimum absolute atomic E-state index is 0.639. The Morgan fingerprint density at radius 3 is 1.85 bits per heavy atom. The van der Waals surface area contributed by atoms with Crippen LogP contribution in [0.3, 0.4) is 0 Å². The van der Waals surface area contributed by atoms with Crippen molar-refractivity contribution in [2.45, 2.75) is 20.8 Å². The van der Waals surface area contributed by atoms with Gasteiger partial charge in [0.2, 0.25) is 0 Å². The Morgan fingerprint density at radius 2 is 1.31 bits per heavy atom. The van der Waals surface area contributed by atoms with E-state index in [0.717, 1.165) is 17.6 Å². The van der Waals surface area contributed by atoms with Crippen molar-refractivity contribution in [2.24, 2.45) is 0 Å². The lowest BCUT2D eigenvalue weighted by Crippen LogP contribution is -1.87. The smallest absolute Gasteiger partial charge is 0.150 e. The van der Waals surface area contributed by atoms with Crippen LogP contribution in [0.25, 0.3) is 11.6 Å². The number of rotatable bonds is 5. The van der Waals surface area contributed by atoms with E-state index >= 15 is 0 Å². The van der Waals surface area contributed by atoms with Crippen LogP contribution in [0.4, 0.5) is 0 Å². The van der Waals surface area contributed by atoms with Crippen molar-refractivity contribution < 1.29 is 9.53 Å². The van der Waals surface area contributed by atoms with Gasteiger partial charge < -0.3 is 4.74 Å². The molecule has 2 heteroatoms. The van der Waals surface area contributed by atoms with E-state index in [1.807, 2.05) is 12.1 Å². The lowest BCUT2D eigenvalue weighted by atomic mass is 10.0. The van der Waals surface area contributed by atoms with Crippen molar-refractivity contribution in [1.29, 1.82) is 0 Å². The predicted octanol–water partition coefficient (Wildman–Crippen LogP) is 6.47. The first-order valence-corrected chi connectivity index (χ1v) is 8.63. The standard InChI is InChI=1S/C24H22O2/c1-17-12-18(2)14-21(13-17)15-19(3)22-6-10-24(11-7-22)26-23-8-4-20(16-25)5-9-23/h4-16H,1-3H3/b19-15+. The maximum Gasteiger partial charge on any atom is 0.150 e. The van der Waals surface area contributed by atoms with Gasteiger partial charge in [-0.1, -0.05) is 47.5 Å². The summed E-state index contributed by atoms with van der Waals surface area (Å²) in [6.45, 7) is 6.35. The molecule has 130 valence electrons. The SMILES string of the molecule is C/C(=C\c1cc(C)cc(C)c1)c1ccc(Oc2ccc(C=O)cc2)cc1. The molecular formula is C24H22O2. The first kappa shape index (κ1) is 17.7. The van der Waals surface area contributed by atoms with Gasteiger partial charge in [-0.05, 0) is 73.9 Å². The van der Waals surface area contributed by atoms with E-state index in [1.165, 1.54) is 22.3 Å². The number of ether oxygens (including phenoxy) is 1. The van der Waals surface area contributed by atoms with Gasteiger partial charge in [0.25, 0.3) is 0 Å². The van der Waals surface area contributed by atoms with Crippen molar-refractivity contribution in [1.82, 2.24) is 0 Å². The second kappa shape index (κ2) is 7.83. The van der Waals surface area contributed by atoms with Gasteiger partial charge in [-0.2, -0.15) is 0 Å². The highest BCUT2D eigenvalue weighted by atomic mass is 16.5. The molecule has 0 atom stereocenters. The third-order valence-corrected chi connectivity index (χ3v) is 4.19. The molecule has 0 heterocycles. The normalized spacial score (nSPS) is 11.3. The van der Waals surface area contributed by atoms with Crippen LogP contribution < -0.4 is 4.74 Å². The summed E-state index contributed by atoms with van der Waals surface area (Å²) < 4.78 is 5.83. The fraction of sp³-hybridized carbons (Fsp3) is 0.125. The van der Waals surface area contributed by atoms with Gasteiger partial charge >= 0.3 is 0 Å². The molecule has 0 aliphatic heterocycles. The lowest BCUT2D eigenvalue weighted by molar-refractivity contribution is 0.112. The summed E-state index contributed by atoms with van der Waals surface area (Å²) in [6.07, 6.45) is 3.03. The quantitative estimate of drug-likeness (QED) is 0.392. The predicted molar refractivity (Wildman–Crippen MR) is 108 cm³/mol. The second-order valence-corrected chi connectivity index (χ2v) is 6.56. The molecule has 0 aliphatic carbocycles. The molecule has 3 rings (SSSR count). The van der Waals surface area contributed by atoms with Gasteiger partial charge in [-0.15, -0.1) is 0 Å². The van der Waals surface area contributed by atoms with Crippen LogP contribution in [-0.2, 0) is 0 Å². The largest absolute Gasteiger partial charge is 0.457 e. The Kier molecular flexibility index (Phi) is 5.33. The average Bonchev–Trinajstić information content (AvgIpc) is 2.62. The van der Waals surface area contributed by atoms with Crippen molar-refractivity contribution >= 4 is 17.9 Å². The van der Waals surface area contributed by atoms with Gasteiger partial charge in [-0.25, -0.2) is 0 Å². The van der Waals surface area contributed by atoms with Crippen molar-refractivity contribution in [3.63, 3.8) is 0 Å². The summed E-state index contributed by atoms with van der Waals surface area (Å²) in [7, 11) is 0. The Balaban J connectivity index is 1.75. The summed E-state index contributed by atoms with van der Waals surface area (Å²) in [4.78, 5) is 10.7. The first-order chi connectivity index (χ1) is 12.5. The van der Waals surface area contributed by atoms with Crippen LogP contribution in [0.5, 0.6) is 11.5 Å². The van der Waals surface area contributed by atoms with Crippen LogP contribution in [0, 0.1) is 13.8 Å². The zero-order valence-electron chi connectivity index (χ0n) is 15.3. The third kappa shape index (κ3) is 4.48. The maximum atomic E-state index is 10.7. The Bertz CT molecular complexity index is 913. The molecule has 0 unspecified atom stereocenters. The summed E-state index contributed by atoms with van der Waals surface area (Å²) in [6, 6.07) is 21.7. The molecular weight excluding hydrogens is 320 g/mol. The highest BCUT2D eigenvalue weighted by Crippen LogP contribution is 2.25. The van der Waals surface area contributed by atoms with Crippen LogP contribution in [0.15, 0.2) is 66.7 Å². The summed E-state index contributed by atoms with van der Waals surface area (Å²) in [5.74, 6) is 1.48. The van der Waals surface area contributed by atoms with Crippen LogP contribution >= 0.6 is 0 Å². The number of carbonyl (C=O) groups is 1. The molecule has 0 N–H and O–H groups in total. The summed E-state index contributed by atoms with van der Waals surface area (Å²) in [5, 5.41) is 0. The van der Waals surface area contributed by atoms with Crippen LogP contribution in [0.1, 0.15) is 39.5 Å². The van der Waals surface area contributed by atoms with Gasteiger partial charge in [0.15, 0.2) is 0 Å². The molecule has 0 fully saturated rings. The molecule has 0 radical (unpaired) electrons. The van der Waals surface area contributed by atoms with Crippen molar-refractivity contribution in [3.8, 4) is 11.5 Å². The topological polar surface area (TPSA) is 26.3 Å². The summed E-state index contributed by atoms with van der Waals surface area (Å²) >= 11 is 0. The molecule has 0 saturated carbocycles. The third-order valence-electron chi connectivity index (χ3n) is 4.19. The number of benzene rings is 3. The zero-order valence-corrected chi connectivity index (χ0v) is 15.3. The number of hydrogen-bond acceptors (Lipinski definition) is 2. The van der Waals surface area contributed by atoms with E-state index in [0.29, 0.717) is 11.3 Å². The Hall–Kier alpha value is -3.13. The van der Waals surface area contributed by atoms with E-state index in [2.05, 4.69) is 57.2 Å². The van der Waals surface area contributed by atoms with E-state index in [-0.39, 0.29) is 0 Å². The maximum absolute atomic E-state index is 10.7. The van der Waals surface area contributed by atoms with E-state index in [9.17, 15) is 4.79 Å². The zero-order chi connectivity index (χ0) is 18.5. The fourth-order valence-corrected chi connectivity index (χ4v) is 2.96. The fourth-order valence-electron chi connectivity index (χ4n) is 2.96. The number of carbonyl (C=O) groups excluding carboxylic acids is 1. The minimum Gasteiger partial charge on any atom is -0.457 e. The monoisotopic (exact) mass is 342 g/mol. The van der Waals surface area contributed by atoms with Crippen LogP contribution in [-0.4, -0.2) is 6.29 Å². The lowest BCUT2D eigenvalue weighted by Gasteiger charge is -2.08. The van der Waals surface area contributed by atoms with Gasteiger partial charge in [-0.3, -0.25) is 4.79 Å². The van der Waals surface area contributed by atoms with Crippen molar-refractivity contribution in [2.75, 3.05) is 0 Å². The molecule has 0 bridgehead atoms. The number of allylic oxidation sites excluding steroid dienone is 1. The molecule has 2 nitrogen and oxygen atoms in total. The average molecular weight is 342 g/mol. The Labute approximate surface area is 154 Å². The molecule has 0 saturated heterocycles. The first-order valence-electron chi connectivity index (χ1n) is 8.63. The van der Waals surface area contributed by atoms with E-state index < -0.39 is 0 Å². The number of aryl methyl sites for hydroxylation is 2. The van der Waals surface area contributed by atoms with Crippen LogP contribution in [0.2, 0.25) is 0 Å². The molecule has 3 aromatic rings. The summed E-state index contributed by atoms with van der Waals surface area (Å²) in [5.41, 5.74) is 6.77. The van der Waals surface area contributed by atoms with Gasteiger partial charge in [0.1, 0.15) is 17.8 Å². The van der Waals surface area contributed by atoms with Crippen molar-refractivity contribution in [3.05, 3.63) is 94.5 Å².